The fourth-order valence-corrected chi connectivity index (χ4v) is 5.66. The third-order valence-electron chi connectivity index (χ3n) is 5.87. The van der Waals surface area contributed by atoms with Crippen molar-refractivity contribution in [1.29, 1.82) is 0 Å². The predicted molar refractivity (Wildman–Crippen MR) is 132 cm³/mol. The first-order chi connectivity index (χ1) is 19.5. The summed E-state index contributed by atoms with van der Waals surface area (Å²) in [7, 11) is -3.91. The molecule has 11 nitrogen and oxygen atoms in total. The van der Waals surface area contributed by atoms with Crippen LogP contribution in [0.4, 0.5) is 47.8 Å². The number of aryl methyl sites for hydroxylation is 1. The van der Waals surface area contributed by atoms with E-state index in [-0.39, 0.29) is 5.52 Å². The molecule has 0 aliphatic carbocycles. The van der Waals surface area contributed by atoms with Crippen LogP contribution in [0, 0.1) is 17.6 Å². The molecule has 3 aromatic rings. The fraction of sp³-hybridized carbons (Fsp3) is 0.318. The highest BCUT2D eigenvalue weighted by Crippen LogP contribution is 2.40. The van der Waals surface area contributed by atoms with Gasteiger partial charge in [-0.25, -0.2) is 18.6 Å². The van der Waals surface area contributed by atoms with Crippen molar-refractivity contribution >= 4 is 55.7 Å². The largest absolute Gasteiger partial charge is 0.493 e. The van der Waals surface area contributed by atoms with Gasteiger partial charge in [0.05, 0.1) is 34.8 Å². The Balaban J connectivity index is 1.74. The number of hydrogen-bond acceptors (Lipinski definition) is 8. The molecule has 228 valence electrons. The maximum atomic E-state index is 15.3. The average molecular weight is 648 g/mol. The maximum Gasteiger partial charge on any atom is 0.493 e. The van der Waals surface area contributed by atoms with Crippen LogP contribution in [-0.4, -0.2) is 60.7 Å². The van der Waals surface area contributed by atoms with Crippen molar-refractivity contribution in [3.63, 3.8) is 0 Å². The first kappa shape index (κ1) is 31.3. The number of anilines is 3. The summed E-state index contributed by atoms with van der Waals surface area (Å²) in [5, 5.41) is 0.735. The molecular weight excluding hydrogens is 631 g/mol. The molecule has 1 aromatic heterocycles. The van der Waals surface area contributed by atoms with E-state index < -0.39 is 104 Å². The van der Waals surface area contributed by atoms with Gasteiger partial charge >= 0.3 is 29.0 Å². The monoisotopic (exact) mass is 647 g/mol. The van der Waals surface area contributed by atoms with Crippen molar-refractivity contribution < 1.29 is 53.5 Å². The summed E-state index contributed by atoms with van der Waals surface area (Å²) in [6, 6.07) is 3.32. The molecule has 1 saturated heterocycles. The van der Waals surface area contributed by atoms with E-state index in [0.717, 1.165) is 17.0 Å². The summed E-state index contributed by atoms with van der Waals surface area (Å²) >= 11 is 6.17. The van der Waals surface area contributed by atoms with Gasteiger partial charge in [-0.1, -0.05) is 16.1 Å². The van der Waals surface area contributed by atoms with E-state index in [1.165, 1.54) is 13.1 Å². The minimum Gasteiger partial charge on any atom is -0.349 e. The van der Waals surface area contributed by atoms with Gasteiger partial charge in [0.1, 0.15) is 16.9 Å². The molecule has 0 bridgehead atoms. The van der Waals surface area contributed by atoms with Gasteiger partial charge in [0.2, 0.25) is 0 Å². The van der Waals surface area contributed by atoms with Crippen LogP contribution in [0.5, 0.6) is 0 Å². The second-order valence-electron chi connectivity index (χ2n) is 8.75. The van der Waals surface area contributed by atoms with Gasteiger partial charge in [-0.2, -0.15) is 34.7 Å². The van der Waals surface area contributed by atoms with Gasteiger partial charge in [0.25, 0.3) is 5.56 Å². The summed E-state index contributed by atoms with van der Waals surface area (Å²) in [6.07, 6.45) is -4.57. The van der Waals surface area contributed by atoms with E-state index >= 15 is 4.39 Å². The standard InChI is InChI=1S/C22H17ClF7N5O6S/c1-33-9-31-12-3-4-13(17(25)15(12)19(33)36)32-18-11(24)2-5-14(16(18)23)35(41-20(37)22(28,29)30)42(38,39)34-6-10(7-34)8-40-21(26)27/h2-5,9-10,21,32H,6-8H2,1H3. The predicted octanol–water partition coefficient (Wildman–Crippen LogP) is 3.85. The molecule has 0 unspecified atom stereocenters. The summed E-state index contributed by atoms with van der Waals surface area (Å²) in [4.78, 5) is 32.1. The minimum absolute atomic E-state index is 0.0652. The lowest BCUT2D eigenvalue weighted by atomic mass is 10.1. The number of halogens is 8. The molecule has 0 atom stereocenters. The first-order valence-electron chi connectivity index (χ1n) is 11.4. The molecule has 42 heavy (non-hydrogen) atoms. The number of benzene rings is 2. The molecule has 20 heteroatoms. The molecule has 1 aliphatic heterocycles. The number of ether oxygens (including phenoxy) is 1. The van der Waals surface area contributed by atoms with Crippen LogP contribution in [0.1, 0.15) is 0 Å². The number of hydrogen-bond donors (Lipinski definition) is 1. The number of fused-ring (bicyclic) bond motifs is 1. The molecule has 0 saturated carbocycles. The van der Waals surface area contributed by atoms with Gasteiger partial charge < -0.3 is 19.5 Å². The summed E-state index contributed by atoms with van der Waals surface area (Å²) in [5.41, 5.74) is -3.32. The van der Waals surface area contributed by atoms with E-state index in [0.29, 0.717) is 16.4 Å². The zero-order valence-corrected chi connectivity index (χ0v) is 22.4. The molecule has 0 radical (unpaired) electrons. The zero-order valence-electron chi connectivity index (χ0n) is 20.8. The van der Waals surface area contributed by atoms with Crippen LogP contribution >= 0.6 is 11.6 Å². The number of aromatic nitrogens is 2. The molecule has 0 amide bonds. The molecule has 1 fully saturated rings. The van der Waals surface area contributed by atoms with Crippen molar-refractivity contribution in [2.24, 2.45) is 13.0 Å². The highest BCUT2D eigenvalue weighted by molar-refractivity contribution is 7.90. The molecule has 1 N–H and O–H groups in total. The van der Waals surface area contributed by atoms with Crippen molar-refractivity contribution in [3.05, 3.63) is 57.6 Å². The SMILES string of the molecule is Cn1cnc2ccc(Nc3c(F)ccc(N(OC(=O)C(F)(F)F)S(=O)(=O)N4CC(COC(F)F)C4)c3Cl)c(F)c2c1=O. The van der Waals surface area contributed by atoms with Crippen LogP contribution < -0.4 is 15.3 Å². The Hall–Kier alpha value is -3.68. The number of nitrogens with zero attached hydrogens (tertiary/aromatic N) is 4. The smallest absolute Gasteiger partial charge is 0.349 e. The van der Waals surface area contributed by atoms with E-state index in [9.17, 15) is 44.3 Å². The molecule has 1 aliphatic rings. The van der Waals surface area contributed by atoms with Gasteiger partial charge in [-0.15, -0.1) is 0 Å². The summed E-state index contributed by atoms with van der Waals surface area (Å²) in [5.74, 6) is -6.25. The van der Waals surface area contributed by atoms with Crippen molar-refractivity contribution in [1.82, 2.24) is 13.9 Å². The second-order valence-corrected chi connectivity index (χ2v) is 10.9. The number of carbonyl (C=O) groups excluding carboxylic acids is 1. The van der Waals surface area contributed by atoms with Gasteiger partial charge in [-0.3, -0.25) is 4.79 Å². The minimum atomic E-state index is -5.70. The third kappa shape index (κ3) is 6.08. The third-order valence-corrected chi connectivity index (χ3v) is 7.89. The van der Waals surface area contributed by atoms with E-state index in [4.69, 9.17) is 11.6 Å². The fourth-order valence-electron chi connectivity index (χ4n) is 3.76. The maximum absolute atomic E-state index is 15.3. The Morgan fingerprint density at radius 1 is 1.21 bits per heavy atom. The molecule has 2 heterocycles. The van der Waals surface area contributed by atoms with Crippen molar-refractivity contribution in [2.75, 3.05) is 29.5 Å². The Morgan fingerprint density at radius 2 is 1.88 bits per heavy atom. The van der Waals surface area contributed by atoms with Crippen LogP contribution in [0.2, 0.25) is 5.02 Å². The van der Waals surface area contributed by atoms with E-state index in [1.54, 1.807) is 0 Å². The van der Waals surface area contributed by atoms with Gasteiger partial charge in [-0.05, 0) is 24.3 Å². The zero-order chi connectivity index (χ0) is 31.1. The normalized spacial score (nSPS) is 14.7. The van der Waals surface area contributed by atoms with E-state index in [2.05, 4.69) is 19.9 Å². The van der Waals surface area contributed by atoms with Gasteiger partial charge in [0.15, 0.2) is 5.82 Å². The van der Waals surface area contributed by atoms with Crippen LogP contribution in [0.3, 0.4) is 0 Å². The number of rotatable bonds is 9. The lowest BCUT2D eigenvalue weighted by Crippen LogP contribution is -2.57. The second kappa shape index (κ2) is 11.5. The lowest BCUT2D eigenvalue weighted by molar-refractivity contribution is -0.199. The molecule has 4 rings (SSSR count). The van der Waals surface area contributed by atoms with Crippen molar-refractivity contribution in [3.8, 4) is 0 Å². The lowest BCUT2D eigenvalue weighted by Gasteiger charge is -2.40. The molecule has 2 aromatic carbocycles. The van der Waals surface area contributed by atoms with Crippen molar-refractivity contribution in [2.45, 2.75) is 12.8 Å². The number of carbonyl (C=O) groups is 1. The summed E-state index contributed by atoms with van der Waals surface area (Å²) < 4.78 is 125. The number of nitrogens with one attached hydrogen (secondary N) is 1. The molecule has 0 spiro atoms. The Kier molecular flexibility index (Phi) is 8.59. The highest BCUT2D eigenvalue weighted by Gasteiger charge is 2.48. The average Bonchev–Trinajstić information content (AvgIpc) is 2.86. The Labute approximate surface area is 236 Å². The van der Waals surface area contributed by atoms with Crippen LogP contribution in [-0.2, 0) is 31.6 Å². The summed E-state index contributed by atoms with van der Waals surface area (Å²) in [6.45, 7) is -4.79. The number of alkyl halides is 5. The topological polar surface area (TPSA) is 123 Å². The quantitative estimate of drug-likeness (QED) is 0.275. The van der Waals surface area contributed by atoms with Crippen LogP contribution in [0.15, 0.2) is 35.4 Å². The highest BCUT2D eigenvalue weighted by atomic mass is 35.5. The van der Waals surface area contributed by atoms with E-state index in [1.807, 2.05) is 0 Å². The van der Waals surface area contributed by atoms with Gasteiger partial charge in [0, 0.05) is 26.1 Å². The molecular formula is C22H17ClF7N5O6S. The Morgan fingerprint density at radius 3 is 2.50 bits per heavy atom. The van der Waals surface area contributed by atoms with Crippen LogP contribution in [0.25, 0.3) is 10.9 Å². The first-order valence-corrected chi connectivity index (χ1v) is 13.2. The Bertz CT molecular complexity index is 1700.